The van der Waals surface area contributed by atoms with Crippen LogP contribution in [-0.4, -0.2) is 51.7 Å². The Labute approximate surface area is 211 Å². The molecule has 186 valence electrons. The molecule has 0 aliphatic carbocycles. The maximum absolute atomic E-state index is 12.7. The molecule has 1 saturated heterocycles. The van der Waals surface area contributed by atoms with Crippen molar-refractivity contribution in [2.75, 3.05) is 50.2 Å². The van der Waals surface area contributed by atoms with Gasteiger partial charge < -0.3 is 24.4 Å². The predicted molar refractivity (Wildman–Crippen MR) is 141 cm³/mol. The molecule has 1 fully saturated rings. The molecule has 0 saturated carbocycles. The van der Waals surface area contributed by atoms with Crippen LogP contribution < -0.4 is 19.7 Å². The third kappa shape index (κ3) is 6.73. The quantitative estimate of drug-likeness (QED) is 0.347. The molecule has 0 spiro atoms. The first-order valence-electron chi connectivity index (χ1n) is 11.8. The van der Waals surface area contributed by atoms with Gasteiger partial charge in [-0.25, -0.2) is 0 Å². The van der Waals surface area contributed by atoms with Gasteiger partial charge in [-0.3, -0.25) is 9.59 Å². The van der Waals surface area contributed by atoms with Gasteiger partial charge in [0.25, 0.3) is 5.91 Å². The van der Waals surface area contributed by atoms with Crippen molar-refractivity contribution in [2.24, 2.45) is 0 Å². The number of nitrogens with one attached hydrogen (secondary N) is 1. The summed E-state index contributed by atoms with van der Waals surface area (Å²) < 4.78 is 16.5. The van der Waals surface area contributed by atoms with Gasteiger partial charge in [-0.1, -0.05) is 29.8 Å². The standard InChI is InChI=1S/C29H30N2O5/c1-21-3-9-24(10-4-21)30-29(33)20-36-27-14-6-22(19-28(27)34-2)5-13-26(32)23-7-11-25(12-8-23)31-15-17-35-18-16-31/h3-14,19H,15-18,20H2,1-2H3,(H,30,33)/b13-5+. The van der Waals surface area contributed by atoms with Crippen molar-refractivity contribution in [3.63, 3.8) is 0 Å². The van der Waals surface area contributed by atoms with E-state index >= 15 is 0 Å². The third-order valence-electron chi connectivity index (χ3n) is 5.84. The fourth-order valence-electron chi connectivity index (χ4n) is 3.81. The maximum Gasteiger partial charge on any atom is 0.262 e. The summed E-state index contributed by atoms with van der Waals surface area (Å²) in [5.41, 5.74) is 4.32. The minimum Gasteiger partial charge on any atom is -0.493 e. The summed E-state index contributed by atoms with van der Waals surface area (Å²) in [6.45, 7) is 4.98. The van der Waals surface area contributed by atoms with Gasteiger partial charge in [0.15, 0.2) is 23.9 Å². The zero-order valence-corrected chi connectivity index (χ0v) is 20.5. The van der Waals surface area contributed by atoms with Gasteiger partial charge in [-0.15, -0.1) is 0 Å². The Kier molecular flexibility index (Phi) is 8.36. The number of hydrogen-bond acceptors (Lipinski definition) is 6. The number of aryl methyl sites for hydroxylation is 1. The number of rotatable bonds is 9. The first-order valence-corrected chi connectivity index (χ1v) is 11.8. The van der Waals surface area contributed by atoms with E-state index in [1.54, 1.807) is 24.3 Å². The Morgan fingerprint density at radius 3 is 2.39 bits per heavy atom. The Hall–Kier alpha value is -4.10. The molecule has 1 amide bonds. The normalized spacial score (nSPS) is 13.4. The lowest BCUT2D eigenvalue weighted by Crippen LogP contribution is -2.36. The minimum absolute atomic E-state index is 0.0874. The van der Waals surface area contributed by atoms with Crippen molar-refractivity contribution >= 4 is 29.1 Å². The second kappa shape index (κ2) is 12.0. The van der Waals surface area contributed by atoms with Crippen LogP contribution in [0.15, 0.2) is 72.8 Å². The summed E-state index contributed by atoms with van der Waals surface area (Å²) in [7, 11) is 1.53. The van der Waals surface area contributed by atoms with Crippen LogP contribution in [0.25, 0.3) is 6.08 Å². The number of hydrogen-bond donors (Lipinski definition) is 1. The molecule has 0 bridgehead atoms. The number of amides is 1. The Morgan fingerprint density at radius 2 is 1.69 bits per heavy atom. The number of morpholine rings is 1. The smallest absolute Gasteiger partial charge is 0.262 e. The molecule has 7 heteroatoms. The van der Waals surface area contributed by atoms with E-state index in [1.165, 1.54) is 13.2 Å². The van der Waals surface area contributed by atoms with E-state index in [0.717, 1.165) is 43.1 Å². The van der Waals surface area contributed by atoms with E-state index in [9.17, 15) is 9.59 Å². The van der Waals surface area contributed by atoms with E-state index in [-0.39, 0.29) is 18.3 Å². The van der Waals surface area contributed by atoms with E-state index in [0.29, 0.717) is 22.7 Å². The molecular formula is C29H30N2O5. The number of allylic oxidation sites excluding steroid dienone is 1. The van der Waals surface area contributed by atoms with Crippen LogP contribution in [-0.2, 0) is 9.53 Å². The van der Waals surface area contributed by atoms with Gasteiger partial charge >= 0.3 is 0 Å². The molecule has 4 rings (SSSR count). The highest BCUT2D eigenvalue weighted by atomic mass is 16.5. The van der Waals surface area contributed by atoms with Gasteiger partial charge in [0.1, 0.15) is 0 Å². The molecule has 7 nitrogen and oxygen atoms in total. The second-order valence-electron chi connectivity index (χ2n) is 8.46. The summed E-state index contributed by atoms with van der Waals surface area (Å²) in [5, 5.41) is 2.80. The molecule has 1 N–H and O–H groups in total. The van der Waals surface area contributed by atoms with Crippen LogP contribution in [0.5, 0.6) is 11.5 Å². The van der Waals surface area contributed by atoms with Gasteiger partial charge in [0.2, 0.25) is 0 Å². The SMILES string of the molecule is COc1cc(/C=C/C(=O)c2ccc(N3CCOCC3)cc2)ccc1OCC(=O)Nc1ccc(C)cc1. The molecule has 1 aliphatic rings. The van der Waals surface area contributed by atoms with Crippen LogP contribution in [0.3, 0.4) is 0 Å². The number of benzene rings is 3. The number of methoxy groups -OCH3 is 1. The molecule has 1 aliphatic heterocycles. The topological polar surface area (TPSA) is 77.1 Å². The summed E-state index contributed by atoms with van der Waals surface area (Å²) >= 11 is 0. The van der Waals surface area contributed by atoms with E-state index in [2.05, 4.69) is 10.2 Å². The van der Waals surface area contributed by atoms with Crippen LogP contribution in [0.4, 0.5) is 11.4 Å². The molecule has 0 radical (unpaired) electrons. The highest BCUT2D eigenvalue weighted by Gasteiger charge is 2.12. The van der Waals surface area contributed by atoms with Crippen LogP contribution in [0.2, 0.25) is 0 Å². The zero-order valence-electron chi connectivity index (χ0n) is 20.5. The Balaban J connectivity index is 1.33. The summed E-state index contributed by atoms with van der Waals surface area (Å²) in [5.74, 6) is 0.562. The van der Waals surface area contributed by atoms with Gasteiger partial charge in [0, 0.05) is 30.0 Å². The van der Waals surface area contributed by atoms with Crippen molar-refractivity contribution in [3.8, 4) is 11.5 Å². The van der Waals surface area contributed by atoms with Gasteiger partial charge in [-0.2, -0.15) is 0 Å². The molecular weight excluding hydrogens is 456 g/mol. The third-order valence-corrected chi connectivity index (χ3v) is 5.84. The average Bonchev–Trinajstić information content (AvgIpc) is 2.92. The zero-order chi connectivity index (χ0) is 25.3. The Bertz CT molecular complexity index is 1210. The number of ether oxygens (including phenoxy) is 3. The molecule has 0 atom stereocenters. The van der Waals surface area contributed by atoms with Crippen molar-refractivity contribution in [2.45, 2.75) is 6.92 Å². The second-order valence-corrected chi connectivity index (χ2v) is 8.46. The number of ketones is 1. The largest absolute Gasteiger partial charge is 0.493 e. The van der Waals surface area contributed by atoms with E-state index < -0.39 is 0 Å². The number of nitrogens with zero attached hydrogens (tertiary/aromatic N) is 1. The highest BCUT2D eigenvalue weighted by Crippen LogP contribution is 2.29. The van der Waals surface area contributed by atoms with Gasteiger partial charge in [0.05, 0.1) is 20.3 Å². The maximum atomic E-state index is 12.7. The predicted octanol–water partition coefficient (Wildman–Crippen LogP) is 4.75. The molecule has 36 heavy (non-hydrogen) atoms. The molecule has 1 heterocycles. The fourth-order valence-corrected chi connectivity index (χ4v) is 3.81. The first-order chi connectivity index (χ1) is 17.5. The molecule has 0 aromatic heterocycles. The van der Waals surface area contributed by atoms with Crippen LogP contribution in [0.1, 0.15) is 21.5 Å². The average molecular weight is 487 g/mol. The van der Waals surface area contributed by atoms with Crippen molar-refractivity contribution < 1.29 is 23.8 Å². The van der Waals surface area contributed by atoms with Crippen molar-refractivity contribution in [3.05, 3.63) is 89.5 Å². The first kappa shape index (κ1) is 25.0. The number of anilines is 2. The van der Waals surface area contributed by atoms with Gasteiger partial charge in [-0.05, 0) is 67.1 Å². The van der Waals surface area contributed by atoms with Crippen molar-refractivity contribution in [1.82, 2.24) is 0 Å². The van der Waals surface area contributed by atoms with Crippen LogP contribution in [0, 0.1) is 6.92 Å². The van der Waals surface area contributed by atoms with Crippen LogP contribution >= 0.6 is 0 Å². The number of carbonyl (C=O) groups excluding carboxylic acids is 2. The lowest BCUT2D eigenvalue weighted by atomic mass is 10.1. The van der Waals surface area contributed by atoms with Crippen molar-refractivity contribution in [1.29, 1.82) is 0 Å². The molecule has 3 aromatic rings. The summed E-state index contributed by atoms with van der Waals surface area (Å²) in [6, 6.07) is 20.5. The lowest BCUT2D eigenvalue weighted by Gasteiger charge is -2.28. The highest BCUT2D eigenvalue weighted by molar-refractivity contribution is 6.07. The number of carbonyl (C=O) groups is 2. The Morgan fingerprint density at radius 1 is 0.972 bits per heavy atom. The summed E-state index contributed by atoms with van der Waals surface area (Å²) in [6.07, 6.45) is 3.27. The van der Waals surface area contributed by atoms with E-state index in [4.69, 9.17) is 14.2 Å². The monoisotopic (exact) mass is 486 g/mol. The van der Waals surface area contributed by atoms with E-state index in [1.807, 2.05) is 55.5 Å². The summed E-state index contributed by atoms with van der Waals surface area (Å²) in [4.78, 5) is 27.1. The molecule has 0 unspecified atom stereocenters. The molecule has 3 aromatic carbocycles. The minimum atomic E-state index is -0.268. The fraction of sp³-hybridized carbons (Fsp3) is 0.241. The lowest BCUT2D eigenvalue weighted by molar-refractivity contribution is -0.118.